The number of ketones is 1. The maximum absolute atomic E-state index is 13.0. The number of rotatable bonds is 19. The molecule has 2 aliphatic heterocycles. The Morgan fingerprint density at radius 1 is 0.724 bits per heavy atom. The van der Waals surface area contributed by atoms with E-state index in [1.54, 1.807) is 21.0 Å². The topological polar surface area (TPSA) is 294 Å². The van der Waals surface area contributed by atoms with Crippen molar-refractivity contribution in [3.05, 3.63) is 132 Å². The highest BCUT2D eigenvalue weighted by molar-refractivity contribution is 6.06. The minimum Gasteiger partial charge on any atom is -0.481 e. The number of hydrogen-bond donors (Lipinski definition) is 8. The van der Waals surface area contributed by atoms with E-state index in [9.17, 15) is 41.9 Å². The Labute approximate surface area is 508 Å². The molecule has 8 rings (SSSR count). The summed E-state index contributed by atoms with van der Waals surface area (Å²) in [5.41, 5.74) is 8.26. The molecule has 18 nitrogen and oxygen atoms in total. The number of aliphatic hydroxyl groups excluding tert-OH is 3. The smallest absolute Gasteiger partial charge is 0.411 e. The zero-order valence-electron chi connectivity index (χ0n) is 50.7. The van der Waals surface area contributed by atoms with E-state index in [0.29, 0.717) is 57.5 Å². The summed E-state index contributed by atoms with van der Waals surface area (Å²) in [6.07, 6.45) is 1.95. The number of aliphatic carboxylic acids is 1. The molecular weight excluding hydrogens is 1130 g/mol. The second-order valence-corrected chi connectivity index (χ2v) is 21.3. The SMILES string of the molecule is C#[N+]c1cccc2ccccc12.CC(C)CCC=O.COC(C)CCC(CC(=O)[C@@H](C)CCO)C(=O)Nc1cccc2ccccc12.C[C@@H](CCO)C(=O)O.N.N[C@H]1CCO[C@H]2CCC(C(=O)Nc3cccc4ccccc34)N2C1=O.OCC(F)(F)F. The van der Waals surface area contributed by atoms with Crippen molar-refractivity contribution in [3.8, 4) is 6.57 Å². The Balaban J connectivity index is 0.000000394. The molecule has 0 aromatic heterocycles. The van der Waals surface area contributed by atoms with Crippen LogP contribution in [0.5, 0.6) is 0 Å². The zero-order chi connectivity index (χ0) is 63.8. The average molecular weight is 1210 g/mol. The molecule has 11 N–H and O–H groups in total. The molecule has 0 aliphatic carbocycles. The minimum atomic E-state index is -4.40. The molecule has 3 unspecified atom stereocenters. The van der Waals surface area contributed by atoms with Crippen molar-refractivity contribution in [2.45, 2.75) is 129 Å². The molecule has 7 atom stereocenters. The molecule has 2 fully saturated rings. The number of methoxy groups -OCH3 is 1. The van der Waals surface area contributed by atoms with Crippen LogP contribution < -0.4 is 22.5 Å². The fraction of sp³-hybridized carbons (Fsp3) is 0.439. The predicted octanol–water partition coefficient (Wildman–Crippen LogP) is 11.9. The van der Waals surface area contributed by atoms with E-state index in [2.05, 4.69) is 29.3 Å². The number of amides is 3. The summed E-state index contributed by atoms with van der Waals surface area (Å²) in [5.74, 6) is -1.79. The highest BCUT2D eigenvalue weighted by atomic mass is 19.4. The Kier molecular flexibility index (Phi) is 34.6. The van der Waals surface area contributed by atoms with Gasteiger partial charge < -0.3 is 62.1 Å². The molecule has 0 spiro atoms. The van der Waals surface area contributed by atoms with Crippen LogP contribution in [0.2, 0.25) is 0 Å². The maximum atomic E-state index is 13.0. The number of nitrogens with two attached hydrogens (primary N) is 1. The molecule has 2 saturated heterocycles. The lowest BCUT2D eigenvalue weighted by Gasteiger charge is -2.28. The van der Waals surface area contributed by atoms with E-state index < -0.39 is 42.7 Å². The van der Waals surface area contributed by atoms with Crippen LogP contribution >= 0.6 is 0 Å². The van der Waals surface area contributed by atoms with Gasteiger partial charge in [0.25, 0.3) is 6.57 Å². The molecule has 6 aromatic carbocycles. The third-order valence-electron chi connectivity index (χ3n) is 14.2. The summed E-state index contributed by atoms with van der Waals surface area (Å²) in [4.78, 5) is 75.9. The number of carbonyl (C=O) groups excluding carboxylic acids is 5. The van der Waals surface area contributed by atoms with Gasteiger partial charge in [-0.15, -0.1) is 0 Å². The number of benzene rings is 6. The van der Waals surface area contributed by atoms with Gasteiger partial charge in [0.1, 0.15) is 30.9 Å². The van der Waals surface area contributed by atoms with Crippen LogP contribution in [0.1, 0.15) is 98.8 Å². The van der Waals surface area contributed by atoms with E-state index in [0.717, 1.165) is 63.1 Å². The number of fused-ring (bicyclic) bond motifs is 4. The van der Waals surface area contributed by atoms with Crippen molar-refractivity contribution in [1.82, 2.24) is 11.1 Å². The van der Waals surface area contributed by atoms with Gasteiger partial charge in [-0.05, 0) is 103 Å². The van der Waals surface area contributed by atoms with Gasteiger partial charge in [0.2, 0.25) is 17.7 Å². The summed E-state index contributed by atoms with van der Waals surface area (Å²) < 4.78 is 42.6. The number of halogens is 3. The van der Waals surface area contributed by atoms with Crippen LogP contribution in [0.4, 0.5) is 30.2 Å². The number of carboxylic acid groups (broad SMARTS) is 1. The molecule has 6 aromatic rings. The third-order valence-corrected chi connectivity index (χ3v) is 14.2. The first kappa shape index (κ1) is 75.4. The van der Waals surface area contributed by atoms with Crippen LogP contribution in [-0.2, 0) is 38.2 Å². The number of carboxylic acids is 1. The molecule has 2 aliphatic rings. The highest BCUT2D eigenvalue weighted by Gasteiger charge is 2.44. The van der Waals surface area contributed by atoms with E-state index in [1.807, 2.05) is 134 Å². The van der Waals surface area contributed by atoms with Gasteiger partial charge >= 0.3 is 17.8 Å². The van der Waals surface area contributed by atoms with Crippen LogP contribution in [-0.4, -0.2) is 125 Å². The Hall–Kier alpha value is -7.68. The van der Waals surface area contributed by atoms with Gasteiger partial charge in [0, 0.05) is 73.2 Å². The number of hydrogen-bond acceptors (Lipinski definition) is 13. The summed E-state index contributed by atoms with van der Waals surface area (Å²) in [6, 6.07) is 40.1. The van der Waals surface area contributed by atoms with Crippen molar-refractivity contribution in [2.75, 3.05) is 44.2 Å². The van der Waals surface area contributed by atoms with Gasteiger partial charge in [-0.1, -0.05) is 131 Å². The predicted molar refractivity (Wildman–Crippen MR) is 336 cm³/mol. The van der Waals surface area contributed by atoms with Gasteiger partial charge in [0.05, 0.1) is 30.1 Å². The van der Waals surface area contributed by atoms with Crippen molar-refractivity contribution in [1.29, 1.82) is 0 Å². The molecule has 3 amide bonds. The van der Waals surface area contributed by atoms with E-state index in [4.69, 9.17) is 42.2 Å². The first-order chi connectivity index (χ1) is 41.0. The van der Waals surface area contributed by atoms with Gasteiger partial charge in [-0.2, -0.15) is 13.2 Å². The van der Waals surface area contributed by atoms with Crippen molar-refractivity contribution >= 4 is 85.1 Å². The quantitative estimate of drug-likeness (QED) is 0.0350. The van der Waals surface area contributed by atoms with Crippen molar-refractivity contribution < 1.29 is 71.8 Å². The molecule has 2 heterocycles. The van der Waals surface area contributed by atoms with E-state index in [1.165, 1.54) is 10.3 Å². The van der Waals surface area contributed by atoms with Crippen LogP contribution in [0, 0.1) is 30.2 Å². The number of aliphatic hydroxyl groups is 3. The second kappa shape index (κ2) is 39.9. The number of nitrogens with one attached hydrogen (secondary N) is 2. The summed E-state index contributed by atoms with van der Waals surface area (Å²) in [5, 5.41) is 45.1. The monoisotopic (exact) mass is 1210 g/mol. The fourth-order valence-corrected chi connectivity index (χ4v) is 8.98. The van der Waals surface area contributed by atoms with Gasteiger partial charge in [-0.3, -0.25) is 24.0 Å². The number of Topliss-reactive ketones (excluding diaryl/α,β-unsaturated/α-hetero) is 1. The summed E-state index contributed by atoms with van der Waals surface area (Å²) in [7, 11) is 1.64. The second-order valence-electron chi connectivity index (χ2n) is 21.3. The molecule has 21 heteroatoms. The van der Waals surface area contributed by atoms with Crippen LogP contribution in [0.15, 0.2) is 127 Å². The lowest BCUT2D eigenvalue weighted by Crippen LogP contribution is -2.51. The lowest BCUT2D eigenvalue weighted by atomic mass is 9.89. The molecule has 0 saturated carbocycles. The third kappa shape index (κ3) is 26.1. The largest absolute Gasteiger partial charge is 0.481 e. The molecule has 474 valence electrons. The first-order valence-corrected chi connectivity index (χ1v) is 28.8. The van der Waals surface area contributed by atoms with E-state index in [-0.39, 0.29) is 67.5 Å². The summed E-state index contributed by atoms with van der Waals surface area (Å²) >= 11 is 0. The summed E-state index contributed by atoms with van der Waals surface area (Å²) in [6.45, 7) is 13.4. The Morgan fingerprint density at radius 2 is 1.22 bits per heavy atom. The number of nitrogens with zero attached hydrogens (tertiary/aromatic N) is 2. The number of alkyl halides is 3. The van der Waals surface area contributed by atoms with Gasteiger partial charge in [0.15, 0.2) is 0 Å². The van der Waals surface area contributed by atoms with Crippen molar-refractivity contribution in [3.63, 3.8) is 0 Å². The normalized spacial score (nSPS) is 16.4. The zero-order valence-corrected chi connectivity index (χ0v) is 50.7. The van der Waals surface area contributed by atoms with Crippen LogP contribution in [0.3, 0.4) is 0 Å². The minimum absolute atomic E-state index is 0. The number of carbonyl (C=O) groups is 6. The fourth-order valence-electron chi connectivity index (χ4n) is 8.98. The van der Waals surface area contributed by atoms with E-state index >= 15 is 0 Å². The number of anilines is 2. The van der Waals surface area contributed by atoms with Gasteiger partial charge in [-0.25, -0.2) is 0 Å². The average Bonchev–Trinajstić information content (AvgIpc) is 2.11. The maximum Gasteiger partial charge on any atom is 0.411 e. The Bertz CT molecular complexity index is 3110. The first-order valence-electron chi connectivity index (χ1n) is 28.8. The molecular formula is C66H88F3N6O12+. The number of ether oxygens (including phenoxy) is 2. The lowest BCUT2D eigenvalue weighted by molar-refractivity contribution is -0.159. The highest BCUT2D eigenvalue weighted by Crippen LogP contribution is 2.32. The van der Waals surface area contributed by atoms with Crippen molar-refractivity contribution in [2.24, 2.45) is 29.4 Å². The molecule has 87 heavy (non-hydrogen) atoms. The molecule has 0 bridgehead atoms. The standard InChI is InChI=1S/C23H31NO4.C19H21N3O3.C11H8N.C6H12O.C5H10O3.C2H3F3O.H3N/c1-16(13-14-25)22(26)15-19(12-11-17(2)28-3)23(27)24-21-10-6-8-18-7-4-5-9-20(18)21;20-14-10-11-25-17-9-8-16(22(17)19(14)24)18(23)21-15-7-3-5-12-4-1-2-6-13(12)15;1-12-11-8-4-6-9-5-2-3-7-10(9)11;1-6(2)4-3-5-7;1-4(2-3-6)5(7)8;3-2(4,5)1-6;/h4-10,16-17,19,25H,11-15H2,1-3H3,(H,24,27);1-7,14,16-17H,8-11,20H2,(H,21,23);1-8H;5-6H,3-4H2,1-2H3;4,6H,2-3H2,1H3,(H,7,8);6H,1H2;1H3/q;;+1;;;;/t16-,17?,19?;14-,16?,17-;;;4-;;/m00..0../s1. The Morgan fingerprint density at radius 3 is 1.69 bits per heavy atom. The molecule has 0 radical (unpaired) electrons. The number of aldehydes is 1. The van der Waals surface area contributed by atoms with Crippen LogP contribution in [0.25, 0.3) is 37.2 Å².